The number of fused-ring (bicyclic) bond motifs is 25. The smallest absolute Gasteiger partial charge is 0.218 e. The van der Waals surface area contributed by atoms with E-state index in [4.69, 9.17) is 33.2 Å². The van der Waals surface area contributed by atoms with Crippen LogP contribution < -0.4 is 0 Å². The zero-order valence-corrected chi connectivity index (χ0v) is 41.9. The number of aromatic nitrogens is 3. The van der Waals surface area contributed by atoms with E-state index in [1.54, 1.807) is 0 Å². The first kappa shape index (κ1) is 65.8. The second-order valence-corrected chi connectivity index (χ2v) is 18.6. The number of aryl methyl sites for hydroxylation is 1. The van der Waals surface area contributed by atoms with Crippen molar-refractivity contribution in [3.63, 3.8) is 0 Å². The molecule has 32 heteroatoms. The zero-order valence-electron chi connectivity index (χ0n) is 41.9. The van der Waals surface area contributed by atoms with Crippen molar-refractivity contribution in [2.45, 2.75) is 201 Å². The van der Waals surface area contributed by atoms with Crippen LogP contribution in [0.25, 0.3) is 0 Å². The average Bonchev–Trinajstić information content (AvgIpc) is 3.81. The predicted octanol–water partition coefficient (Wildman–Crippen LogP) is -5.80. The van der Waals surface area contributed by atoms with E-state index in [1.165, 1.54) is 4.68 Å². The number of aliphatic hydroxyl groups is 22. The van der Waals surface area contributed by atoms with Crippen molar-refractivity contribution < 1.29 is 146 Å². The number of aliphatic hydroxyl groups excluding tert-OH is 22. The quantitative estimate of drug-likeness (QED) is 0.0927. The molecule has 1 aromatic rings. The lowest BCUT2D eigenvalue weighted by atomic mass is 9.93. The Bertz CT molecular complexity index is 2010. The van der Waals surface area contributed by atoms with Gasteiger partial charge in [-0.3, -0.25) is 0 Å². The Kier molecular flexibility index (Phi) is 26.7. The highest BCUT2D eigenvalue weighted by Crippen LogP contribution is 2.32. The largest absolute Gasteiger partial charge is 0.506 e. The van der Waals surface area contributed by atoms with Crippen LogP contribution in [0.4, 0.5) is 0 Å². The first-order valence-electron chi connectivity index (χ1n) is 24.9. The van der Waals surface area contributed by atoms with E-state index in [0.29, 0.717) is 17.8 Å². The van der Waals surface area contributed by atoms with Gasteiger partial charge in [0.05, 0.1) is 30.2 Å². The molecular formula is C45H77N3O29. The topological polar surface area (TPSA) is 540 Å². The van der Waals surface area contributed by atoms with Gasteiger partial charge < -0.3 is 146 Å². The highest BCUT2D eigenvalue weighted by Gasteiger charge is 2.49. The number of ether oxygens (including phenoxy) is 7. The molecule has 20 atom stereocenters. The van der Waals surface area contributed by atoms with E-state index >= 15 is 0 Å². The number of rotatable bonds is 12. The van der Waals surface area contributed by atoms with Crippen LogP contribution >= 0.6 is 0 Å². The molecule has 4 heterocycles. The first-order chi connectivity index (χ1) is 36.5. The lowest BCUT2D eigenvalue weighted by Crippen LogP contribution is -2.62. The van der Waals surface area contributed by atoms with Gasteiger partial charge in [-0.2, -0.15) is 0 Å². The van der Waals surface area contributed by atoms with E-state index in [2.05, 4.69) is 10.3 Å². The number of hydrogen-bond donors (Lipinski definition) is 22. The van der Waals surface area contributed by atoms with E-state index in [0.717, 1.165) is 25.7 Å². The average molecular weight is 1120 g/mol. The Hall–Kier alpha value is -3.76. The van der Waals surface area contributed by atoms with Crippen LogP contribution in [-0.2, 0) is 46.1 Å². The Morgan fingerprint density at radius 2 is 0.909 bits per heavy atom. The van der Waals surface area contributed by atoms with E-state index in [-0.39, 0.29) is 12.5 Å². The second kappa shape index (κ2) is 31.3. The van der Waals surface area contributed by atoms with Gasteiger partial charge in [-0.05, 0) is 32.1 Å². The van der Waals surface area contributed by atoms with Gasteiger partial charge in [0.15, 0.2) is 53.4 Å². The van der Waals surface area contributed by atoms with Crippen molar-refractivity contribution in [2.75, 3.05) is 33.0 Å². The lowest BCUT2D eigenvalue weighted by Gasteiger charge is -2.44. The molecule has 446 valence electrons. The minimum Gasteiger partial charge on any atom is -0.506 e. The summed E-state index contributed by atoms with van der Waals surface area (Å²) in [5.74, 6) is -8.90. The number of nitrogens with zero attached hydrogens (tertiary/aromatic N) is 3. The van der Waals surface area contributed by atoms with Crippen molar-refractivity contribution in [2.24, 2.45) is 0 Å². The third kappa shape index (κ3) is 17.1. The molecule has 77 heavy (non-hydrogen) atoms. The molecule has 1 aliphatic carbocycles. The summed E-state index contributed by atoms with van der Waals surface area (Å²) in [6.45, 7) is -2.94. The maximum atomic E-state index is 11.5. The summed E-state index contributed by atoms with van der Waals surface area (Å²) in [6.07, 6.45) is -43.6. The maximum absolute atomic E-state index is 11.5. The molecule has 1 aromatic heterocycles. The van der Waals surface area contributed by atoms with Crippen LogP contribution in [0.1, 0.15) is 82.0 Å². The molecule has 3 aliphatic heterocycles. The summed E-state index contributed by atoms with van der Waals surface area (Å²) in [5, 5.41) is 246. The fourth-order valence-electron chi connectivity index (χ4n) is 8.72. The Balaban J connectivity index is 1.82. The first-order valence-corrected chi connectivity index (χ1v) is 24.9. The molecule has 2 bridgehead atoms. The Morgan fingerprint density at radius 1 is 0.455 bits per heavy atom. The van der Waals surface area contributed by atoms with Crippen LogP contribution in [-0.4, -0.2) is 277 Å². The van der Waals surface area contributed by atoms with Crippen molar-refractivity contribution >= 4 is 0 Å². The van der Waals surface area contributed by atoms with Gasteiger partial charge in [0, 0.05) is 58.2 Å². The van der Waals surface area contributed by atoms with Crippen LogP contribution in [0, 0.1) is 0 Å². The van der Waals surface area contributed by atoms with E-state index in [1.807, 2.05) is 6.92 Å². The molecule has 32 nitrogen and oxygen atoms in total. The van der Waals surface area contributed by atoms with Gasteiger partial charge in [0.2, 0.25) is 18.9 Å². The van der Waals surface area contributed by atoms with Crippen molar-refractivity contribution in [1.29, 1.82) is 0 Å². The fourth-order valence-corrected chi connectivity index (χ4v) is 8.72. The molecule has 5 rings (SSSR count). The van der Waals surface area contributed by atoms with Crippen LogP contribution in [0.3, 0.4) is 0 Å². The molecule has 0 spiro atoms. The third-order valence-corrected chi connectivity index (χ3v) is 13.2. The molecule has 1 saturated heterocycles. The van der Waals surface area contributed by atoms with Gasteiger partial charge >= 0.3 is 0 Å². The predicted molar refractivity (Wildman–Crippen MR) is 250 cm³/mol. The van der Waals surface area contributed by atoms with Crippen molar-refractivity contribution in [3.05, 3.63) is 45.9 Å². The summed E-state index contributed by atoms with van der Waals surface area (Å²) in [5.41, 5.74) is 1.38. The molecule has 0 radical (unpaired) electrons. The van der Waals surface area contributed by atoms with Gasteiger partial charge in [-0.15, -0.1) is 5.10 Å². The van der Waals surface area contributed by atoms with Gasteiger partial charge in [-0.25, -0.2) is 4.68 Å². The van der Waals surface area contributed by atoms with Gasteiger partial charge in [-0.1, -0.05) is 25.0 Å². The highest BCUT2D eigenvalue weighted by molar-refractivity contribution is 5.17. The van der Waals surface area contributed by atoms with Crippen molar-refractivity contribution in [1.82, 2.24) is 15.0 Å². The Labute approximate surface area is 439 Å². The number of hydrogen-bond acceptors (Lipinski definition) is 31. The molecule has 0 saturated carbocycles. The van der Waals surface area contributed by atoms with E-state index in [9.17, 15) is 112 Å². The molecular weight excluding hydrogens is 1050 g/mol. The fraction of sp³-hybridized carbons (Fsp3) is 0.822. The summed E-state index contributed by atoms with van der Waals surface area (Å²) in [6, 6.07) is 0. The van der Waals surface area contributed by atoms with Crippen LogP contribution in [0.15, 0.2) is 34.6 Å². The van der Waals surface area contributed by atoms with Gasteiger partial charge in [0.1, 0.15) is 67.1 Å². The summed E-state index contributed by atoms with van der Waals surface area (Å²) >= 11 is 0. The second-order valence-electron chi connectivity index (χ2n) is 18.6. The summed E-state index contributed by atoms with van der Waals surface area (Å²) < 4.78 is 38.9. The van der Waals surface area contributed by atoms with E-state index < -0.39 is 217 Å². The maximum Gasteiger partial charge on any atom is 0.218 e. The summed E-state index contributed by atoms with van der Waals surface area (Å²) in [7, 11) is 0. The minimum absolute atomic E-state index is 0.00235. The molecule has 20 unspecified atom stereocenters. The third-order valence-electron chi connectivity index (χ3n) is 13.2. The molecule has 4 aliphatic rings. The molecule has 22 N–H and O–H groups in total. The Morgan fingerprint density at radius 3 is 1.42 bits per heavy atom. The SMILES string of the molecule is CC1CCCCCc2c1nnn2CCC1OC(O)/C(O)=C(\O)C(CCO)OC(O)/C(O)=C(/O)C(CCO)OC(O)C(O)C(O)C(CCO)OC(O)C(O)C(O)C(CCO)OC2OC(CO)C(OC(O)C(O)=C1O)C(O)C2O. The standard InChI is InChI=1S/C45H77N3O29/c1-18-5-3-2-4-6-19-26(18)46-47-48(19)12-7-20-27(54)37(64)44(70)77-39-25(17-53)76-45(38(65)32(39)59)75-24(11-16-52)31(58)36(63)43(69)74-23(10-15-51)30(57)35(62)42(68)73-22(9-14-50)29(56)34(61)41(67)72-21(8-13-49)28(55)33(60)40(66)71-20/h18,20-25,30-32,35-36,38-45,49-70H,2-17H2,1H3/b33-28+,34-29-,37-27?. The summed E-state index contributed by atoms with van der Waals surface area (Å²) in [4.78, 5) is 0. The van der Waals surface area contributed by atoms with Crippen LogP contribution in [0.5, 0.6) is 0 Å². The van der Waals surface area contributed by atoms with Crippen LogP contribution in [0.2, 0.25) is 0 Å². The zero-order chi connectivity index (χ0) is 57.4. The normalized spacial score (nSPS) is 39.9. The molecule has 1 fully saturated rings. The van der Waals surface area contributed by atoms with Crippen molar-refractivity contribution in [3.8, 4) is 0 Å². The minimum atomic E-state index is -2.78. The highest BCUT2D eigenvalue weighted by atomic mass is 16.7. The molecule has 0 aromatic carbocycles. The lowest BCUT2D eigenvalue weighted by molar-refractivity contribution is -0.339. The monoisotopic (exact) mass is 1120 g/mol. The van der Waals surface area contributed by atoms with Gasteiger partial charge in [0.25, 0.3) is 0 Å². The molecule has 0 amide bonds.